The Morgan fingerprint density at radius 1 is 1.24 bits per heavy atom. The number of nitrogens with zero attached hydrogens (tertiary/aromatic N) is 2. The van der Waals surface area contributed by atoms with Crippen LogP contribution in [0.25, 0.3) is 0 Å². The van der Waals surface area contributed by atoms with Gasteiger partial charge in [0.1, 0.15) is 5.82 Å². The number of ether oxygens (including phenoxy) is 2. The molecule has 2 fully saturated rings. The first-order chi connectivity index (χ1) is 10.2. The molecule has 4 nitrogen and oxygen atoms in total. The first-order valence-corrected chi connectivity index (χ1v) is 7.39. The van der Waals surface area contributed by atoms with Gasteiger partial charge < -0.3 is 9.47 Å². The molecule has 1 atom stereocenters. The van der Waals surface area contributed by atoms with Crippen molar-refractivity contribution >= 4 is 0 Å². The van der Waals surface area contributed by atoms with E-state index in [9.17, 15) is 9.65 Å². The largest absolute Gasteiger partial charge is 0.381 e. The van der Waals surface area contributed by atoms with E-state index in [1.807, 2.05) is 0 Å². The summed E-state index contributed by atoms with van der Waals surface area (Å²) in [5, 5.41) is 9.27. The van der Waals surface area contributed by atoms with E-state index in [1.54, 1.807) is 6.07 Å². The molecule has 5 heteroatoms. The van der Waals surface area contributed by atoms with Gasteiger partial charge in [-0.3, -0.25) is 4.98 Å². The van der Waals surface area contributed by atoms with Gasteiger partial charge in [-0.15, -0.1) is 0 Å². The van der Waals surface area contributed by atoms with Crippen molar-refractivity contribution in [3.05, 3.63) is 29.8 Å². The van der Waals surface area contributed by atoms with Crippen LogP contribution in [0.3, 0.4) is 0 Å². The van der Waals surface area contributed by atoms with Crippen molar-refractivity contribution in [3.63, 3.8) is 0 Å². The zero-order valence-corrected chi connectivity index (χ0v) is 12.0. The molecule has 0 radical (unpaired) electrons. The number of halogens is 1. The second-order valence-electron chi connectivity index (χ2n) is 6.05. The predicted molar refractivity (Wildman–Crippen MR) is 74.1 cm³/mol. The van der Waals surface area contributed by atoms with Gasteiger partial charge in [-0.2, -0.15) is 5.26 Å². The summed E-state index contributed by atoms with van der Waals surface area (Å²) in [6.45, 7) is 2.00. The Morgan fingerprint density at radius 2 is 2.05 bits per heavy atom. The first-order valence-electron chi connectivity index (χ1n) is 7.39. The van der Waals surface area contributed by atoms with Crippen LogP contribution < -0.4 is 0 Å². The van der Waals surface area contributed by atoms with Crippen LogP contribution in [0.4, 0.5) is 4.39 Å². The number of pyridine rings is 1. The monoisotopic (exact) mass is 290 g/mol. The number of rotatable bonds is 2. The minimum Gasteiger partial charge on any atom is -0.381 e. The highest BCUT2D eigenvalue weighted by atomic mass is 19.1. The van der Waals surface area contributed by atoms with Crippen molar-refractivity contribution < 1.29 is 13.9 Å². The maximum absolute atomic E-state index is 13.1. The summed E-state index contributed by atoms with van der Waals surface area (Å²) in [7, 11) is 0. The zero-order chi connectivity index (χ0) is 14.8. The summed E-state index contributed by atoms with van der Waals surface area (Å²) in [6.07, 6.45) is 4.83. The van der Waals surface area contributed by atoms with Crippen LogP contribution in [0.5, 0.6) is 0 Å². The Bertz CT molecular complexity index is 529. The third-order valence-electron chi connectivity index (χ3n) is 4.74. The molecule has 1 spiro atoms. The van der Waals surface area contributed by atoms with Crippen LogP contribution in [-0.2, 0) is 14.9 Å². The topological polar surface area (TPSA) is 55.1 Å². The van der Waals surface area contributed by atoms with Crippen LogP contribution in [0.1, 0.15) is 37.8 Å². The highest BCUT2D eigenvalue weighted by Gasteiger charge is 2.48. The average molecular weight is 290 g/mol. The molecule has 0 amide bonds. The highest BCUT2D eigenvalue weighted by Crippen LogP contribution is 2.46. The molecule has 3 heterocycles. The van der Waals surface area contributed by atoms with E-state index in [0.29, 0.717) is 26.2 Å². The summed E-state index contributed by atoms with van der Waals surface area (Å²) >= 11 is 0. The van der Waals surface area contributed by atoms with Gasteiger partial charge in [0, 0.05) is 37.4 Å². The third kappa shape index (κ3) is 2.78. The van der Waals surface area contributed by atoms with Crippen LogP contribution in [-0.4, -0.2) is 30.4 Å². The SMILES string of the molecule is N#CC[C@@]1(c2ccc(F)cn2)CCOC2(CCOCC2)C1. The lowest BCUT2D eigenvalue weighted by molar-refractivity contribution is -0.153. The third-order valence-corrected chi connectivity index (χ3v) is 4.74. The zero-order valence-electron chi connectivity index (χ0n) is 12.0. The molecule has 0 bridgehead atoms. The Kier molecular flexibility index (Phi) is 3.92. The molecule has 0 saturated carbocycles. The van der Waals surface area contributed by atoms with Crippen molar-refractivity contribution in [1.29, 1.82) is 5.26 Å². The number of hydrogen-bond donors (Lipinski definition) is 0. The average Bonchev–Trinajstić information content (AvgIpc) is 2.49. The smallest absolute Gasteiger partial charge is 0.141 e. The van der Waals surface area contributed by atoms with Gasteiger partial charge in [0.05, 0.1) is 17.9 Å². The molecule has 0 N–H and O–H groups in total. The molecule has 0 unspecified atom stereocenters. The van der Waals surface area contributed by atoms with Gasteiger partial charge in [-0.1, -0.05) is 0 Å². The van der Waals surface area contributed by atoms with Crippen LogP contribution >= 0.6 is 0 Å². The fourth-order valence-electron chi connectivity index (χ4n) is 3.58. The second-order valence-corrected chi connectivity index (χ2v) is 6.05. The molecule has 0 aliphatic carbocycles. The molecule has 2 aliphatic heterocycles. The summed E-state index contributed by atoms with van der Waals surface area (Å²) in [6, 6.07) is 5.43. The van der Waals surface area contributed by atoms with Gasteiger partial charge in [0.15, 0.2) is 0 Å². The maximum Gasteiger partial charge on any atom is 0.141 e. The molecular formula is C16H19FN2O2. The van der Waals surface area contributed by atoms with Gasteiger partial charge in [0.25, 0.3) is 0 Å². The van der Waals surface area contributed by atoms with Crippen molar-refractivity contribution in [2.24, 2.45) is 0 Å². The Hall–Kier alpha value is -1.51. The molecule has 21 heavy (non-hydrogen) atoms. The maximum atomic E-state index is 13.1. The minimum absolute atomic E-state index is 0.219. The van der Waals surface area contributed by atoms with Crippen LogP contribution in [0, 0.1) is 17.1 Å². The molecule has 112 valence electrons. The molecule has 1 aromatic heterocycles. The fraction of sp³-hybridized carbons (Fsp3) is 0.625. The summed E-state index contributed by atoms with van der Waals surface area (Å²) in [5.74, 6) is -0.348. The normalized spacial score (nSPS) is 28.2. The number of aromatic nitrogens is 1. The minimum atomic E-state index is -0.348. The van der Waals surface area contributed by atoms with Crippen molar-refractivity contribution in [1.82, 2.24) is 4.98 Å². The van der Waals surface area contributed by atoms with Crippen molar-refractivity contribution in [3.8, 4) is 6.07 Å². The molecule has 1 aromatic rings. The Morgan fingerprint density at radius 3 is 2.71 bits per heavy atom. The van der Waals surface area contributed by atoms with Crippen molar-refractivity contribution in [2.75, 3.05) is 19.8 Å². The first kappa shape index (κ1) is 14.4. The van der Waals surface area contributed by atoms with Gasteiger partial charge in [0.2, 0.25) is 0 Å². The predicted octanol–water partition coefficient (Wildman–Crippen LogP) is 2.73. The number of hydrogen-bond acceptors (Lipinski definition) is 4. The standard InChI is InChI=1S/C16H19FN2O2/c17-13-1-2-14(19-11-13)15(3-7-18)4-10-21-16(12-15)5-8-20-9-6-16/h1-2,11H,3-6,8-10,12H2/t15-/m1/s1. The summed E-state index contributed by atoms with van der Waals surface area (Å²) in [5.41, 5.74) is 0.251. The van der Waals surface area contributed by atoms with Crippen LogP contribution in [0.15, 0.2) is 18.3 Å². The van der Waals surface area contributed by atoms with E-state index in [1.165, 1.54) is 12.3 Å². The lowest BCUT2D eigenvalue weighted by Crippen LogP contribution is -2.50. The molecule has 0 aromatic carbocycles. The molecule has 3 rings (SSSR count). The van der Waals surface area contributed by atoms with Crippen molar-refractivity contribution in [2.45, 2.75) is 43.1 Å². The summed E-state index contributed by atoms with van der Waals surface area (Å²) in [4.78, 5) is 4.26. The quantitative estimate of drug-likeness (QED) is 0.840. The van der Waals surface area contributed by atoms with Crippen LogP contribution in [0.2, 0.25) is 0 Å². The highest BCUT2D eigenvalue weighted by molar-refractivity contribution is 5.22. The lowest BCUT2D eigenvalue weighted by Gasteiger charge is -2.48. The van der Waals surface area contributed by atoms with E-state index in [4.69, 9.17) is 9.47 Å². The van der Waals surface area contributed by atoms with E-state index in [0.717, 1.165) is 31.4 Å². The Balaban J connectivity index is 1.93. The van der Waals surface area contributed by atoms with E-state index in [-0.39, 0.29) is 16.8 Å². The second kappa shape index (κ2) is 5.70. The molecular weight excluding hydrogens is 271 g/mol. The van der Waals surface area contributed by atoms with E-state index >= 15 is 0 Å². The van der Waals surface area contributed by atoms with E-state index in [2.05, 4.69) is 11.1 Å². The van der Waals surface area contributed by atoms with E-state index < -0.39 is 0 Å². The number of nitriles is 1. The fourth-order valence-corrected chi connectivity index (χ4v) is 3.58. The summed E-state index contributed by atoms with van der Waals surface area (Å²) < 4.78 is 24.6. The van der Waals surface area contributed by atoms with Gasteiger partial charge in [-0.05, 0) is 37.8 Å². The van der Waals surface area contributed by atoms with Gasteiger partial charge in [-0.25, -0.2) is 4.39 Å². The molecule has 2 aliphatic rings. The lowest BCUT2D eigenvalue weighted by atomic mass is 9.67. The molecule has 2 saturated heterocycles. The Labute approximate surface area is 123 Å². The van der Waals surface area contributed by atoms with Gasteiger partial charge >= 0.3 is 0 Å².